The van der Waals surface area contributed by atoms with Crippen molar-refractivity contribution >= 4 is 11.7 Å². The van der Waals surface area contributed by atoms with Crippen molar-refractivity contribution < 1.29 is 0 Å². The van der Waals surface area contributed by atoms with Crippen molar-refractivity contribution in [2.75, 3.05) is 0 Å². The molecule has 0 saturated carbocycles. The maximum absolute atomic E-state index is 5.11. The maximum Gasteiger partial charge on any atom is 0.211 e. The standard InChI is InChI=1S/C7H16N4/c1-3-5-6(4-2)10-11-7(8)9/h3-5H2,1-2H3,(H4,8,9,11). The average Bonchev–Trinajstić information content (AvgIpc) is 1.97. The third kappa shape index (κ3) is 5.39. The van der Waals surface area contributed by atoms with E-state index in [1.165, 1.54) is 0 Å². The van der Waals surface area contributed by atoms with Gasteiger partial charge in [0.1, 0.15) is 0 Å². The lowest BCUT2D eigenvalue weighted by Gasteiger charge is -1.96. The summed E-state index contributed by atoms with van der Waals surface area (Å²) in [4.78, 5) is 0. The van der Waals surface area contributed by atoms with Crippen LogP contribution in [0, 0.1) is 0 Å². The molecule has 0 radical (unpaired) electrons. The summed E-state index contributed by atoms with van der Waals surface area (Å²) in [5, 5.41) is 7.46. The zero-order valence-corrected chi connectivity index (χ0v) is 7.17. The summed E-state index contributed by atoms with van der Waals surface area (Å²) in [5.41, 5.74) is 11.3. The van der Waals surface area contributed by atoms with E-state index in [0.717, 1.165) is 25.0 Å². The van der Waals surface area contributed by atoms with Gasteiger partial charge in [0.25, 0.3) is 0 Å². The predicted molar refractivity (Wildman–Crippen MR) is 48.4 cm³/mol. The molecule has 0 amide bonds. The van der Waals surface area contributed by atoms with Crippen molar-refractivity contribution in [2.24, 2.45) is 21.7 Å². The van der Waals surface area contributed by atoms with Gasteiger partial charge in [-0.3, -0.25) is 0 Å². The van der Waals surface area contributed by atoms with Crippen molar-refractivity contribution in [3.8, 4) is 0 Å². The van der Waals surface area contributed by atoms with E-state index in [-0.39, 0.29) is 5.96 Å². The minimum absolute atomic E-state index is 0.0204. The Hall–Kier alpha value is -1.06. The minimum atomic E-state index is 0.0204. The summed E-state index contributed by atoms with van der Waals surface area (Å²) >= 11 is 0. The van der Waals surface area contributed by atoms with Crippen molar-refractivity contribution in [2.45, 2.75) is 33.1 Å². The van der Waals surface area contributed by atoms with Gasteiger partial charge in [-0.25, -0.2) is 0 Å². The van der Waals surface area contributed by atoms with Crippen LogP contribution in [-0.4, -0.2) is 11.7 Å². The molecule has 0 heterocycles. The highest BCUT2D eigenvalue weighted by molar-refractivity contribution is 5.85. The van der Waals surface area contributed by atoms with Crippen LogP contribution in [0.25, 0.3) is 0 Å². The fraction of sp³-hybridized carbons (Fsp3) is 0.714. The Bertz CT molecular complexity index is 156. The summed E-state index contributed by atoms with van der Waals surface area (Å²) in [6, 6.07) is 0. The third-order valence-corrected chi connectivity index (χ3v) is 1.25. The summed E-state index contributed by atoms with van der Waals surface area (Å²) in [7, 11) is 0. The molecule has 0 bridgehead atoms. The first kappa shape index (κ1) is 9.94. The molecule has 0 aromatic heterocycles. The van der Waals surface area contributed by atoms with Gasteiger partial charge in [-0.15, -0.1) is 5.10 Å². The largest absolute Gasteiger partial charge is 0.369 e. The van der Waals surface area contributed by atoms with Gasteiger partial charge in [-0.05, 0) is 12.8 Å². The molecule has 64 valence electrons. The number of nitrogens with zero attached hydrogens (tertiary/aromatic N) is 2. The summed E-state index contributed by atoms with van der Waals surface area (Å²) < 4.78 is 0. The van der Waals surface area contributed by atoms with E-state index in [1.54, 1.807) is 0 Å². The highest BCUT2D eigenvalue weighted by Crippen LogP contribution is 1.96. The Balaban J connectivity index is 4.00. The second-order valence-corrected chi connectivity index (χ2v) is 2.29. The van der Waals surface area contributed by atoms with Crippen LogP contribution in [0.5, 0.6) is 0 Å². The van der Waals surface area contributed by atoms with Gasteiger partial charge in [-0.1, -0.05) is 20.3 Å². The molecule has 0 unspecified atom stereocenters. The summed E-state index contributed by atoms with van der Waals surface area (Å²) in [5.74, 6) is 0.0204. The molecule has 0 fully saturated rings. The molecule has 0 rings (SSSR count). The van der Waals surface area contributed by atoms with E-state index in [2.05, 4.69) is 17.1 Å². The molecule has 0 aromatic rings. The van der Waals surface area contributed by atoms with Crippen LogP contribution in [0.4, 0.5) is 0 Å². The Labute approximate surface area is 67.4 Å². The van der Waals surface area contributed by atoms with Gasteiger partial charge < -0.3 is 11.5 Å². The molecule has 0 aliphatic heterocycles. The molecule has 0 aromatic carbocycles. The van der Waals surface area contributed by atoms with Gasteiger partial charge >= 0.3 is 0 Å². The Kier molecular flexibility index (Phi) is 5.15. The molecular formula is C7H16N4. The highest BCUT2D eigenvalue weighted by atomic mass is 15.3. The zero-order chi connectivity index (χ0) is 8.69. The molecule has 11 heavy (non-hydrogen) atoms. The minimum Gasteiger partial charge on any atom is -0.369 e. The average molecular weight is 156 g/mol. The Morgan fingerprint density at radius 3 is 2.18 bits per heavy atom. The number of hydrogen-bond acceptors (Lipinski definition) is 2. The number of guanidine groups is 1. The SMILES string of the molecule is CCCC(CC)=NN=C(N)N. The van der Waals surface area contributed by atoms with Crippen molar-refractivity contribution in [1.29, 1.82) is 0 Å². The fourth-order valence-electron chi connectivity index (χ4n) is 0.715. The zero-order valence-electron chi connectivity index (χ0n) is 7.17. The van der Waals surface area contributed by atoms with Crippen molar-refractivity contribution in [3.05, 3.63) is 0 Å². The normalized spacial score (nSPS) is 11.3. The lowest BCUT2D eigenvalue weighted by Crippen LogP contribution is -2.22. The summed E-state index contributed by atoms with van der Waals surface area (Å²) in [6.45, 7) is 4.14. The van der Waals surface area contributed by atoms with Gasteiger partial charge in [-0.2, -0.15) is 5.10 Å². The maximum atomic E-state index is 5.11. The van der Waals surface area contributed by atoms with Crippen LogP contribution in [0.15, 0.2) is 10.2 Å². The topological polar surface area (TPSA) is 76.8 Å². The predicted octanol–water partition coefficient (Wildman–Crippen LogP) is 0.826. The number of rotatable bonds is 4. The van der Waals surface area contributed by atoms with Gasteiger partial charge in [0.2, 0.25) is 5.96 Å². The Morgan fingerprint density at radius 1 is 1.18 bits per heavy atom. The van der Waals surface area contributed by atoms with E-state index >= 15 is 0 Å². The van der Waals surface area contributed by atoms with Crippen LogP contribution in [0.1, 0.15) is 33.1 Å². The molecule has 0 aliphatic carbocycles. The first-order chi connectivity index (χ1) is 5.20. The van der Waals surface area contributed by atoms with E-state index in [4.69, 9.17) is 11.5 Å². The first-order valence-corrected chi connectivity index (χ1v) is 3.85. The van der Waals surface area contributed by atoms with Gasteiger partial charge in [0.05, 0.1) is 0 Å². The number of hydrogen-bond donors (Lipinski definition) is 2. The Morgan fingerprint density at radius 2 is 1.82 bits per heavy atom. The third-order valence-electron chi connectivity index (χ3n) is 1.25. The molecular weight excluding hydrogens is 140 g/mol. The smallest absolute Gasteiger partial charge is 0.211 e. The summed E-state index contributed by atoms with van der Waals surface area (Å²) in [6.07, 6.45) is 2.95. The molecule has 0 atom stereocenters. The second-order valence-electron chi connectivity index (χ2n) is 2.29. The van der Waals surface area contributed by atoms with Crippen LogP contribution in [-0.2, 0) is 0 Å². The second kappa shape index (κ2) is 5.70. The van der Waals surface area contributed by atoms with E-state index in [1.807, 2.05) is 6.92 Å². The van der Waals surface area contributed by atoms with Crippen molar-refractivity contribution in [1.82, 2.24) is 0 Å². The van der Waals surface area contributed by atoms with E-state index in [9.17, 15) is 0 Å². The van der Waals surface area contributed by atoms with Gasteiger partial charge in [0, 0.05) is 5.71 Å². The van der Waals surface area contributed by atoms with Crippen LogP contribution >= 0.6 is 0 Å². The fourth-order valence-corrected chi connectivity index (χ4v) is 0.715. The van der Waals surface area contributed by atoms with Crippen LogP contribution in [0.3, 0.4) is 0 Å². The molecule has 4 nitrogen and oxygen atoms in total. The van der Waals surface area contributed by atoms with Crippen LogP contribution < -0.4 is 11.5 Å². The van der Waals surface area contributed by atoms with E-state index in [0.29, 0.717) is 0 Å². The lowest BCUT2D eigenvalue weighted by atomic mass is 10.2. The van der Waals surface area contributed by atoms with Crippen LogP contribution in [0.2, 0.25) is 0 Å². The quantitative estimate of drug-likeness (QED) is 0.359. The molecule has 4 heteroatoms. The molecule has 0 saturated heterocycles. The first-order valence-electron chi connectivity index (χ1n) is 3.85. The van der Waals surface area contributed by atoms with Crippen molar-refractivity contribution in [3.63, 3.8) is 0 Å². The molecule has 0 aliphatic rings. The van der Waals surface area contributed by atoms with Gasteiger partial charge in [0.15, 0.2) is 0 Å². The number of nitrogens with two attached hydrogens (primary N) is 2. The molecule has 4 N–H and O–H groups in total. The van der Waals surface area contributed by atoms with E-state index < -0.39 is 0 Å². The lowest BCUT2D eigenvalue weighted by molar-refractivity contribution is 0.953. The highest BCUT2D eigenvalue weighted by Gasteiger charge is 1.92. The monoisotopic (exact) mass is 156 g/mol. The molecule has 0 spiro atoms.